The highest BCUT2D eigenvalue weighted by Crippen LogP contribution is 2.57. The summed E-state index contributed by atoms with van der Waals surface area (Å²) in [5.41, 5.74) is 0.928. The fourth-order valence-corrected chi connectivity index (χ4v) is 3.05. The molecule has 0 atom stereocenters. The standard InChI is InChI=1S/C15H18N2O2/c1-10(18)12-9-16-8-5-13(12)17-14(19)15(6-2-7-15)11-3-4-11/h5,8-9,11H,2-4,6-7H2,1H3,(H,16,17,19). The van der Waals surface area contributed by atoms with Gasteiger partial charge in [-0.1, -0.05) is 6.42 Å². The van der Waals surface area contributed by atoms with Crippen molar-refractivity contribution in [2.75, 3.05) is 5.32 Å². The van der Waals surface area contributed by atoms with Gasteiger partial charge in [0.2, 0.25) is 5.91 Å². The third kappa shape index (κ3) is 2.05. The lowest BCUT2D eigenvalue weighted by molar-refractivity contribution is -0.132. The number of hydrogen-bond donors (Lipinski definition) is 1. The number of carbonyl (C=O) groups is 2. The van der Waals surface area contributed by atoms with Crippen LogP contribution in [-0.4, -0.2) is 16.7 Å². The molecule has 1 aromatic rings. The highest BCUT2D eigenvalue weighted by molar-refractivity contribution is 6.05. The average molecular weight is 258 g/mol. The first kappa shape index (κ1) is 12.3. The third-order valence-corrected chi connectivity index (χ3v) is 4.51. The predicted molar refractivity (Wildman–Crippen MR) is 71.9 cm³/mol. The van der Waals surface area contributed by atoms with E-state index in [0.717, 1.165) is 19.3 Å². The number of Topliss-reactive ketones (excluding diaryl/α,β-unsaturated/α-hetero) is 1. The molecule has 0 unspecified atom stereocenters. The third-order valence-electron chi connectivity index (χ3n) is 4.51. The van der Waals surface area contributed by atoms with Crippen molar-refractivity contribution >= 4 is 17.4 Å². The molecule has 4 heteroatoms. The molecule has 2 aliphatic rings. The molecule has 0 saturated heterocycles. The number of carbonyl (C=O) groups excluding carboxylic acids is 2. The molecule has 0 aliphatic heterocycles. The molecular weight excluding hydrogens is 240 g/mol. The number of anilines is 1. The predicted octanol–water partition coefficient (Wildman–Crippen LogP) is 2.80. The van der Waals surface area contributed by atoms with Crippen molar-refractivity contribution in [3.05, 3.63) is 24.0 Å². The number of aromatic nitrogens is 1. The molecule has 0 aromatic carbocycles. The highest BCUT2D eigenvalue weighted by Gasteiger charge is 2.54. The van der Waals surface area contributed by atoms with Gasteiger partial charge >= 0.3 is 0 Å². The van der Waals surface area contributed by atoms with Crippen LogP contribution in [0.5, 0.6) is 0 Å². The summed E-state index contributed by atoms with van der Waals surface area (Å²) in [7, 11) is 0. The number of nitrogens with one attached hydrogen (secondary N) is 1. The van der Waals surface area contributed by atoms with Crippen LogP contribution in [-0.2, 0) is 4.79 Å². The fraction of sp³-hybridized carbons (Fsp3) is 0.533. The van der Waals surface area contributed by atoms with Gasteiger partial charge in [-0.25, -0.2) is 0 Å². The van der Waals surface area contributed by atoms with E-state index in [9.17, 15) is 9.59 Å². The summed E-state index contributed by atoms with van der Waals surface area (Å²) in [4.78, 5) is 28.0. The Bertz CT molecular complexity index is 531. The van der Waals surface area contributed by atoms with E-state index in [2.05, 4.69) is 10.3 Å². The van der Waals surface area contributed by atoms with Crippen LogP contribution in [0.15, 0.2) is 18.5 Å². The number of ketones is 1. The lowest BCUT2D eigenvalue weighted by atomic mass is 9.64. The second-order valence-electron chi connectivity index (χ2n) is 5.72. The van der Waals surface area contributed by atoms with Crippen molar-refractivity contribution in [3.8, 4) is 0 Å². The van der Waals surface area contributed by atoms with E-state index in [-0.39, 0.29) is 17.1 Å². The molecule has 0 bridgehead atoms. The van der Waals surface area contributed by atoms with Gasteiger partial charge in [0.25, 0.3) is 0 Å². The minimum absolute atomic E-state index is 0.0718. The summed E-state index contributed by atoms with van der Waals surface area (Å²) in [5, 5.41) is 2.96. The van der Waals surface area contributed by atoms with Gasteiger partial charge in [0.05, 0.1) is 16.7 Å². The molecule has 1 amide bonds. The quantitative estimate of drug-likeness (QED) is 0.845. The summed E-state index contributed by atoms with van der Waals surface area (Å²) in [6.07, 6.45) is 8.58. The number of pyridine rings is 1. The highest BCUT2D eigenvalue weighted by atomic mass is 16.2. The molecule has 1 aromatic heterocycles. The van der Waals surface area contributed by atoms with Gasteiger partial charge in [-0.05, 0) is 44.6 Å². The molecule has 0 radical (unpaired) electrons. The molecule has 100 valence electrons. The maximum Gasteiger partial charge on any atom is 0.230 e. The lowest BCUT2D eigenvalue weighted by Crippen LogP contribution is -2.44. The Balaban J connectivity index is 1.81. The van der Waals surface area contributed by atoms with Crippen LogP contribution in [0.25, 0.3) is 0 Å². The summed E-state index contributed by atoms with van der Waals surface area (Å²) in [6, 6.07) is 1.70. The van der Waals surface area contributed by atoms with E-state index in [1.165, 1.54) is 26.0 Å². The lowest BCUT2D eigenvalue weighted by Gasteiger charge is -2.40. The Hall–Kier alpha value is -1.71. The van der Waals surface area contributed by atoms with Crippen molar-refractivity contribution in [3.63, 3.8) is 0 Å². The van der Waals surface area contributed by atoms with Gasteiger partial charge in [-0.2, -0.15) is 0 Å². The van der Waals surface area contributed by atoms with Crippen molar-refractivity contribution in [2.24, 2.45) is 11.3 Å². The Morgan fingerprint density at radius 2 is 2.11 bits per heavy atom. The summed E-state index contributed by atoms with van der Waals surface area (Å²) >= 11 is 0. The van der Waals surface area contributed by atoms with E-state index < -0.39 is 0 Å². The van der Waals surface area contributed by atoms with Crippen LogP contribution in [0.3, 0.4) is 0 Å². The largest absolute Gasteiger partial charge is 0.325 e. The van der Waals surface area contributed by atoms with E-state index >= 15 is 0 Å². The monoisotopic (exact) mass is 258 g/mol. The van der Waals surface area contributed by atoms with Gasteiger partial charge in [0.1, 0.15) is 0 Å². The molecule has 2 saturated carbocycles. The Labute approximate surface area is 112 Å². The molecule has 1 heterocycles. The van der Waals surface area contributed by atoms with E-state index in [4.69, 9.17) is 0 Å². The summed E-state index contributed by atoms with van der Waals surface area (Å²) < 4.78 is 0. The second-order valence-corrected chi connectivity index (χ2v) is 5.72. The zero-order valence-corrected chi connectivity index (χ0v) is 11.1. The maximum absolute atomic E-state index is 12.5. The minimum atomic E-state index is -0.155. The van der Waals surface area contributed by atoms with Crippen LogP contribution in [0.4, 0.5) is 5.69 Å². The Kier molecular flexibility index (Phi) is 2.88. The minimum Gasteiger partial charge on any atom is -0.325 e. The van der Waals surface area contributed by atoms with E-state index in [0.29, 0.717) is 17.2 Å². The fourth-order valence-electron chi connectivity index (χ4n) is 3.05. The Morgan fingerprint density at radius 1 is 1.37 bits per heavy atom. The van der Waals surface area contributed by atoms with E-state index in [1.54, 1.807) is 12.3 Å². The zero-order chi connectivity index (χ0) is 13.5. The molecule has 1 N–H and O–H groups in total. The first-order valence-electron chi connectivity index (χ1n) is 6.90. The summed E-state index contributed by atoms with van der Waals surface area (Å²) in [5.74, 6) is 0.580. The molecule has 19 heavy (non-hydrogen) atoms. The van der Waals surface area contributed by atoms with Crippen molar-refractivity contribution in [1.82, 2.24) is 4.98 Å². The number of amides is 1. The van der Waals surface area contributed by atoms with Crippen LogP contribution < -0.4 is 5.32 Å². The number of hydrogen-bond acceptors (Lipinski definition) is 3. The molecule has 3 rings (SSSR count). The van der Waals surface area contributed by atoms with Crippen molar-refractivity contribution < 1.29 is 9.59 Å². The van der Waals surface area contributed by atoms with Crippen molar-refractivity contribution in [1.29, 1.82) is 0 Å². The van der Waals surface area contributed by atoms with Crippen LogP contribution in [0.1, 0.15) is 49.4 Å². The average Bonchev–Trinajstić information content (AvgIpc) is 3.12. The number of rotatable bonds is 4. The van der Waals surface area contributed by atoms with Crippen molar-refractivity contribution in [2.45, 2.75) is 39.0 Å². The molecule has 4 nitrogen and oxygen atoms in total. The molecule has 2 fully saturated rings. The second kappa shape index (κ2) is 4.44. The number of nitrogens with zero attached hydrogens (tertiary/aromatic N) is 1. The Morgan fingerprint density at radius 3 is 2.63 bits per heavy atom. The normalized spacial score (nSPS) is 20.5. The van der Waals surface area contributed by atoms with Crippen LogP contribution in [0, 0.1) is 11.3 Å². The van der Waals surface area contributed by atoms with Gasteiger partial charge in [0, 0.05) is 12.4 Å². The summed E-state index contributed by atoms with van der Waals surface area (Å²) in [6.45, 7) is 1.49. The van der Waals surface area contributed by atoms with E-state index in [1.807, 2.05) is 0 Å². The zero-order valence-electron chi connectivity index (χ0n) is 11.1. The van der Waals surface area contributed by atoms with Gasteiger partial charge in [-0.3, -0.25) is 14.6 Å². The molecule has 2 aliphatic carbocycles. The first-order chi connectivity index (χ1) is 9.13. The van der Waals surface area contributed by atoms with Crippen LogP contribution >= 0.6 is 0 Å². The first-order valence-corrected chi connectivity index (χ1v) is 6.90. The SMILES string of the molecule is CC(=O)c1cnccc1NC(=O)C1(C2CC2)CCC1. The molecular formula is C15H18N2O2. The maximum atomic E-state index is 12.5. The van der Waals surface area contributed by atoms with Gasteiger partial charge in [-0.15, -0.1) is 0 Å². The van der Waals surface area contributed by atoms with Crippen LogP contribution in [0.2, 0.25) is 0 Å². The van der Waals surface area contributed by atoms with Gasteiger partial charge in [0.15, 0.2) is 5.78 Å². The topological polar surface area (TPSA) is 59.1 Å². The molecule has 0 spiro atoms. The smallest absolute Gasteiger partial charge is 0.230 e. The van der Waals surface area contributed by atoms with Gasteiger partial charge < -0.3 is 5.32 Å².